The number of ether oxygens (including phenoxy) is 2. The van der Waals surface area contributed by atoms with Crippen molar-refractivity contribution in [2.24, 2.45) is 7.05 Å². The number of aromatic nitrogens is 2. The molecule has 112 valence electrons. The summed E-state index contributed by atoms with van der Waals surface area (Å²) >= 11 is 0. The number of nitrogens with zero attached hydrogens (tertiary/aromatic N) is 2. The molecule has 1 aromatic carbocycles. The fourth-order valence-electron chi connectivity index (χ4n) is 2.48. The number of aryl methyl sites for hydroxylation is 1. The van der Waals surface area contributed by atoms with Gasteiger partial charge in [-0.3, -0.25) is 4.68 Å². The van der Waals surface area contributed by atoms with Gasteiger partial charge in [0.15, 0.2) is 0 Å². The Balaban J connectivity index is 1.64. The van der Waals surface area contributed by atoms with Gasteiger partial charge in [-0.05, 0) is 25.1 Å². The van der Waals surface area contributed by atoms with Crippen LogP contribution in [-0.4, -0.2) is 22.9 Å². The first-order valence-corrected chi connectivity index (χ1v) is 7.36. The van der Waals surface area contributed by atoms with Crippen molar-refractivity contribution in [3.05, 3.63) is 41.7 Å². The second kappa shape index (κ2) is 6.18. The van der Waals surface area contributed by atoms with Crippen molar-refractivity contribution in [3.8, 4) is 11.5 Å². The molecule has 0 radical (unpaired) electrons. The van der Waals surface area contributed by atoms with Crippen LogP contribution in [0.2, 0.25) is 0 Å². The van der Waals surface area contributed by atoms with Crippen molar-refractivity contribution in [2.45, 2.75) is 26.0 Å². The number of nitrogens with one attached hydrogen (secondary N) is 1. The molecule has 0 aliphatic carbocycles. The van der Waals surface area contributed by atoms with Crippen LogP contribution >= 0.6 is 0 Å². The second-order valence-corrected chi connectivity index (χ2v) is 5.33. The smallest absolute Gasteiger partial charge is 0.128 e. The number of rotatable bonds is 6. The highest BCUT2D eigenvalue weighted by molar-refractivity contribution is 5.45. The maximum atomic E-state index is 5.79. The maximum Gasteiger partial charge on any atom is 0.128 e. The van der Waals surface area contributed by atoms with Gasteiger partial charge >= 0.3 is 0 Å². The van der Waals surface area contributed by atoms with Crippen molar-refractivity contribution in [2.75, 3.05) is 13.2 Å². The zero-order valence-electron chi connectivity index (χ0n) is 12.5. The Morgan fingerprint density at radius 3 is 3.14 bits per heavy atom. The van der Waals surface area contributed by atoms with Gasteiger partial charge < -0.3 is 14.8 Å². The lowest BCUT2D eigenvalue weighted by atomic mass is 10.1. The summed E-state index contributed by atoms with van der Waals surface area (Å²) in [5, 5.41) is 7.62. The Morgan fingerprint density at radius 1 is 1.48 bits per heavy atom. The van der Waals surface area contributed by atoms with Gasteiger partial charge in [0.2, 0.25) is 0 Å². The molecule has 3 rings (SSSR count). The Bertz CT molecular complexity index is 609. The third-order valence-corrected chi connectivity index (χ3v) is 3.57. The molecule has 0 amide bonds. The molecule has 5 heteroatoms. The minimum atomic E-state index is 0.298. The van der Waals surface area contributed by atoms with Crippen LogP contribution in [0.5, 0.6) is 11.5 Å². The predicted octanol–water partition coefficient (Wildman–Crippen LogP) is 2.43. The molecule has 1 unspecified atom stereocenters. The monoisotopic (exact) mass is 287 g/mol. The minimum Gasteiger partial charge on any atom is -0.491 e. The standard InChI is InChI=1S/C16H21N3O2/c1-3-6-17-15-11-21-16-7-13(4-5-14(15)16)20-10-12-8-18-19(2)9-12/h4-5,7-9,15,17H,3,6,10-11H2,1-2H3. The molecule has 0 spiro atoms. The van der Waals surface area contributed by atoms with Crippen LogP contribution in [0.15, 0.2) is 30.6 Å². The molecule has 1 aromatic heterocycles. The summed E-state index contributed by atoms with van der Waals surface area (Å²) in [7, 11) is 1.90. The first-order chi connectivity index (χ1) is 10.3. The van der Waals surface area contributed by atoms with Crippen molar-refractivity contribution in [1.29, 1.82) is 0 Å². The van der Waals surface area contributed by atoms with E-state index >= 15 is 0 Å². The first kappa shape index (κ1) is 13.9. The normalized spacial score (nSPS) is 16.6. The number of fused-ring (bicyclic) bond motifs is 1. The van der Waals surface area contributed by atoms with Crippen LogP contribution < -0.4 is 14.8 Å². The topological polar surface area (TPSA) is 48.3 Å². The molecule has 2 aromatic rings. The average Bonchev–Trinajstić information content (AvgIpc) is 3.09. The Labute approximate surface area is 124 Å². The summed E-state index contributed by atoms with van der Waals surface area (Å²) in [5.41, 5.74) is 2.28. The SMILES string of the molecule is CCCNC1COc2cc(OCc3cnn(C)c3)ccc21. The predicted molar refractivity (Wildman–Crippen MR) is 80.5 cm³/mol. The van der Waals surface area contributed by atoms with E-state index in [1.54, 1.807) is 4.68 Å². The van der Waals surface area contributed by atoms with E-state index in [-0.39, 0.29) is 0 Å². The molecule has 0 bridgehead atoms. The third kappa shape index (κ3) is 3.19. The van der Waals surface area contributed by atoms with Gasteiger partial charge in [0.1, 0.15) is 24.7 Å². The van der Waals surface area contributed by atoms with Gasteiger partial charge in [0.05, 0.1) is 12.2 Å². The molecule has 1 aliphatic heterocycles. The van der Waals surface area contributed by atoms with Crippen molar-refractivity contribution < 1.29 is 9.47 Å². The fraction of sp³-hybridized carbons (Fsp3) is 0.438. The molecule has 0 fully saturated rings. The zero-order valence-corrected chi connectivity index (χ0v) is 12.5. The average molecular weight is 287 g/mol. The zero-order chi connectivity index (χ0) is 14.7. The minimum absolute atomic E-state index is 0.298. The van der Waals surface area contributed by atoms with Crippen LogP contribution in [0.25, 0.3) is 0 Å². The Kier molecular flexibility index (Phi) is 4.10. The number of hydrogen-bond donors (Lipinski definition) is 1. The van der Waals surface area contributed by atoms with E-state index < -0.39 is 0 Å². The van der Waals surface area contributed by atoms with Gasteiger partial charge in [0, 0.05) is 30.4 Å². The van der Waals surface area contributed by atoms with Crippen LogP contribution in [0.3, 0.4) is 0 Å². The third-order valence-electron chi connectivity index (χ3n) is 3.57. The highest BCUT2D eigenvalue weighted by atomic mass is 16.5. The molecular weight excluding hydrogens is 266 g/mol. The summed E-state index contributed by atoms with van der Waals surface area (Å²) < 4.78 is 13.3. The van der Waals surface area contributed by atoms with Crippen molar-refractivity contribution in [3.63, 3.8) is 0 Å². The van der Waals surface area contributed by atoms with E-state index in [0.29, 0.717) is 19.3 Å². The largest absolute Gasteiger partial charge is 0.491 e. The molecule has 1 N–H and O–H groups in total. The van der Waals surface area contributed by atoms with Gasteiger partial charge in [-0.15, -0.1) is 0 Å². The van der Waals surface area contributed by atoms with Crippen molar-refractivity contribution in [1.82, 2.24) is 15.1 Å². The van der Waals surface area contributed by atoms with Crippen LogP contribution in [0.1, 0.15) is 30.5 Å². The lowest BCUT2D eigenvalue weighted by Gasteiger charge is -2.10. The maximum absolute atomic E-state index is 5.79. The van der Waals surface area contributed by atoms with Gasteiger partial charge in [-0.1, -0.05) is 6.92 Å². The molecule has 0 saturated carbocycles. The summed E-state index contributed by atoms with van der Waals surface area (Å²) in [6.07, 6.45) is 4.89. The van der Waals surface area contributed by atoms with Crippen LogP contribution in [-0.2, 0) is 13.7 Å². The quantitative estimate of drug-likeness (QED) is 0.886. The molecule has 21 heavy (non-hydrogen) atoms. The van der Waals surface area contributed by atoms with Crippen molar-refractivity contribution >= 4 is 0 Å². The highest BCUT2D eigenvalue weighted by Gasteiger charge is 2.23. The van der Waals surface area contributed by atoms with E-state index in [9.17, 15) is 0 Å². The summed E-state index contributed by atoms with van der Waals surface area (Å²) in [4.78, 5) is 0. The Morgan fingerprint density at radius 2 is 2.38 bits per heavy atom. The van der Waals surface area contributed by atoms with E-state index in [2.05, 4.69) is 23.4 Å². The van der Waals surface area contributed by atoms with E-state index in [4.69, 9.17) is 9.47 Å². The van der Waals surface area contributed by atoms with E-state index in [0.717, 1.165) is 30.0 Å². The van der Waals surface area contributed by atoms with E-state index in [1.807, 2.05) is 31.6 Å². The number of hydrogen-bond acceptors (Lipinski definition) is 4. The summed E-state index contributed by atoms with van der Waals surface area (Å²) in [6, 6.07) is 6.37. The second-order valence-electron chi connectivity index (χ2n) is 5.33. The van der Waals surface area contributed by atoms with Crippen LogP contribution in [0, 0.1) is 0 Å². The molecule has 1 aliphatic rings. The van der Waals surface area contributed by atoms with E-state index in [1.165, 1.54) is 5.56 Å². The summed E-state index contributed by atoms with van der Waals surface area (Å²) in [5.74, 6) is 1.75. The molecule has 0 saturated heterocycles. The Hall–Kier alpha value is -2.01. The fourth-order valence-corrected chi connectivity index (χ4v) is 2.48. The highest BCUT2D eigenvalue weighted by Crippen LogP contribution is 2.35. The molecule has 2 heterocycles. The molecule has 1 atom stereocenters. The lowest BCUT2D eigenvalue weighted by molar-refractivity contribution is 0.297. The molecular formula is C16H21N3O2. The van der Waals surface area contributed by atoms with Gasteiger partial charge in [0.25, 0.3) is 0 Å². The molecule has 5 nitrogen and oxygen atoms in total. The van der Waals surface area contributed by atoms with Gasteiger partial charge in [-0.25, -0.2) is 0 Å². The first-order valence-electron chi connectivity index (χ1n) is 7.36. The van der Waals surface area contributed by atoms with Crippen LogP contribution in [0.4, 0.5) is 0 Å². The summed E-state index contributed by atoms with van der Waals surface area (Å²) in [6.45, 7) is 4.39. The van der Waals surface area contributed by atoms with Gasteiger partial charge in [-0.2, -0.15) is 5.10 Å². The number of benzene rings is 1. The lowest BCUT2D eigenvalue weighted by Crippen LogP contribution is -2.22.